The van der Waals surface area contributed by atoms with Gasteiger partial charge in [-0.25, -0.2) is 0 Å². The first kappa shape index (κ1) is 18.1. The zero-order valence-corrected chi connectivity index (χ0v) is 16.4. The smallest absolute Gasteiger partial charge is 0.0844 e. The summed E-state index contributed by atoms with van der Waals surface area (Å²) in [7, 11) is 0. The maximum absolute atomic E-state index is 2.45. The summed E-state index contributed by atoms with van der Waals surface area (Å²) in [5.41, 5.74) is 7.46. The van der Waals surface area contributed by atoms with E-state index in [9.17, 15) is 0 Å². The van der Waals surface area contributed by atoms with Crippen LogP contribution in [0.3, 0.4) is 0 Å². The number of hydrogen-bond acceptors (Lipinski definition) is 1. The zero-order chi connectivity index (χ0) is 19.3. The van der Waals surface area contributed by atoms with E-state index in [1.54, 1.807) is 0 Å². The van der Waals surface area contributed by atoms with Gasteiger partial charge in [0.05, 0.1) is 6.04 Å². The van der Waals surface area contributed by atoms with Crippen LogP contribution in [-0.4, -0.2) is 0 Å². The van der Waals surface area contributed by atoms with E-state index in [0.717, 1.165) is 0 Å². The first-order chi connectivity index (χ1) is 13.7. The summed E-state index contributed by atoms with van der Waals surface area (Å²) in [6, 6.07) is 39.1. The highest BCUT2D eigenvalue weighted by atomic mass is 15.2. The second kappa shape index (κ2) is 8.14. The number of aryl methyl sites for hydroxylation is 2. The van der Waals surface area contributed by atoms with Gasteiger partial charge in [-0.2, -0.15) is 0 Å². The topological polar surface area (TPSA) is 3.24 Å². The van der Waals surface area contributed by atoms with Gasteiger partial charge in [-0.3, -0.25) is 0 Å². The standard InChI is InChI=1S/C27H25N/c1-21-11-9-17-25(19-21)28(26-18-10-12-22(2)20-26)27(23-13-5-3-6-14-23)24-15-7-4-8-16-24/h3-20,27H,1-2H3. The lowest BCUT2D eigenvalue weighted by molar-refractivity contribution is 0.819. The maximum Gasteiger partial charge on any atom is 0.0844 e. The lowest BCUT2D eigenvalue weighted by Crippen LogP contribution is -2.25. The zero-order valence-electron chi connectivity index (χ0n) is 16.4. The number of nitrogens with zero attached hydrogens (tertiary/aromatic N) is 1. The van der Waals surface area contributed by atoms with Crippen LogP contribution in [0, 0.1) is 13.8 Å². The first-order valence-corrected chi connectivity index (χ1v) is 9.75. The average Bonchev–Trinajstić information content (AvgIpc) is 2.73. The van der Waals surface area contributed by atoms with Crippen LogP contribution in [0.15, 0.2) is 109 Å². The van der Waals surface area contributed by atoms with Crippen molar-refractivity contribution in [3.8, 4) is 0 Å². The van der Waals surface area contributed by atoms with Crippen molar-refractivity contribution >= 4 is 11.4 Å². The summed E-state index contributed by atoms with van der Waals surface area (Å²) in [5, 5.41) is 0. The van der Waals surface area contributed by atoms with Crippen molar-refractivity contribution in [2.75, 3.05) is 4.90 Å². The predicted molar refractivity (Wildman–Crippen MR) is 119 cm³/mol. The molecule has 0 unspecified atom stereocenters. The molecule has 0 aromatic heterocycles. The van der Waals surface area contributed by atoms with Crippen molar-refractivity contribution in [1.29, 1.82) is 0 Å². The molecule has 0 saturated heterocycles. The molecule has 0 aliphatic heterocycles. The Balaban J connectivity index is 1.96. The fourth-order valence-corrected chi connectivity index (χ4v) is 3.76. The minimum Gasteiger partial charge on any atom is -0.330 e. The van der Waals surface area contributed by atoms with Crippen molar-refractivity contribution in [3.05, 3.63) is 131 Å². The maximum atomic E-state index is 2.45. The summed E-state index contributed by atoms with van der Waals surface area (Å²) in [5.74, 6) is 0. The summed E-state index contributed by atoms with van der Waals surface area (Å²) >= 11 is 0. The van der Waals surface area contributed by atoms with E-state index in [2.05, 4.69) is 128 Å². The van der Waals surface area contributed by atoms with Gasteiger partial charge in [-0.05, 0) is 60.4 Å². The minimum absolute atomic E-state index is 0.0889. The van der Waals surface area contributed by atoms with Crippen LogP contribution in [0.5, 0.6) is 0 Å². The fraction of sp³-hybridized carbons (Fsp3) is 0.111. The third-order valence-corrected chi connectivity index (χ3v) is 5.05. The lowest BCUT2D eigenvalue weighted by atomic mass is 9.95. The SMILES string of the molecule is Cc1cccc(N(c2cccc(C)c2)C(c2ccccc2)c2ccccc2)c1. The van der Waals surface area contributed by atoms with Gasteiger partial charge in [0.2, 0.25) is 0 Å². The Labute approximate surface area is 167 Å². The molecule has 0 bridgehead atoms. The molecule has 4 aromatic carbocycles. The van der Waals surface area contributed by atoms with Crippen molar-refractivity contribution in [2.24, 2.45) is 0 Å². The predicted octanol–water partition coefficient (Wildman–Crippen LogP) is 7.23. The van der Waals surface area contributed by atoms with Crippen LogP contribution in [-0.2, 0) is 0 Å². The summed E-state index contributed by atoms with van der Waals surface area (Å²) in [6.07, 6.45) is 0. The quantitative estimate of drug-likeness (QED) is 0.361. The van der Waals surface area contributed by atoms with E-state index >= 15 is 0 Å². The highest BCUT2D eigenvalue weighted by Crippen LogP contribution is 2.39. The largest absolute Gasteiger partial charge is 0.330 e. The molecule has 4 rings (SSSR count). The van der Waals surface area contributed by atoms with E-state index in [-0.39, 0.29) is 6.04 Å². The molecule has 0 atom stereocenters. The molecule has 0 aliphatic carbocycles. The van der Waals surface area contributed by atoms with Gasteiger partial charge in [-0.15, -0.1) is 0 Å². The van der Waals surface area contributed by atoms with Crippen LogP contribution in [0.25, 0.3) is 0 Å². The number of anilines is 2. The second-order valence-corrected chi connectivity index (χ2v) is 7.27. The highest BCUT2D eigenvalue weighted by Gasteiger charge is 2.24. The molecule has 1 nitrogen and oxygen atoms in total. The normalized spacial score (nSPS) is 10.8. The van der Waals surface area contributed by atoms with Gasteiger partial charge >= 0.3 is 0 Å². The van der Waals surface area contributed by atoms with E-state index < -0.39 is 0 Å². The molecular formula is C27H25N. The summed E-state index contributed by atoms with van der Waals surface area (Å²) in [6.45, 7) is 4.30. The van der Waals surface area contributed by atoms with E-state index in [0.29, 0.717) is 0 Å². The Morgan fingerprint density at radius 1 is 0.500 bits per heavy atom. The monoisotopic (exact) mass is 363 g/mol. The number of hydrogen-bond donors (Lipinski definition) is 0. The third-order valence-electron chi connectivity index (χ3n) is 5.05. The fourth-order valence-electron chi connectivity index (χ4n) is 3.76. The third kappa shape index (κ3) is 3.84. The van der Waals surface area contributed by atoms with Gasteiger partial charge < -0.3 is 4.90 Å². The van der Waals surface area contributed by atoms with Crippen LogP contribution in [0.4, 0.5) is 11.4 Å². The highest BCUT2D eigenvalue weighted by molar-refractivity contribution is 5.68. The summed E-state index contributed by atoms with van der Waals surface area (Å²) < 4.78 is 0. The van der Waals surface area contributed by atoms with Gasteiger partial charge in [0.25, 0.3) is 0 Å². The molecule has 1 heteroatoms. The van der Waals surface area contributed by atoms with Crippen LogP contribution in [0.1, 0.15) is 28.3 Å². The van der Waals surface area contributed by atoms with Crippen LogP contribution < -0.4 is 4.90 Å². The molecule has 28 heavy (non-hydrogen) atoms. The van der Waals surface area contributed by atoms with Crippen molar-refractivity contribution < 1.29 is 0 Å². The molecule has 0 fully saturated rings. The molecule has 0 radical (unpaired) electrons. The van der Waals surface area contributed by atoms with Gasteiger partial charge in [0.1, 0.15) is 0 Å². The Morgan fingerprint density at radius 2 is 0.929 bits per heavy atom. The van der Waals surface area contributed by atoms with Crippen molar-refractivity contribution in [1.82, 2.24) is 0 Å². The van der Waals surface area contributed by atoms with E-state index in [4.69, 9.17) is 0 Å². The minimum atomic E-state index is 0.0889. The van der Waals surface area contributed by atoms with Crippen LogP contribution >= 0.6 is 0 Å². The number of rotatable bonds is 5. The van der Waals surface area contributed by atoms with E-state index in [1.165, 1.54) is 33.6 Å². The van der Waals surface area contributed by atoms with E-state index in [1.807, 2.05) is 0 Å². The van der Waals surface area contributed by atoms with Crippen LogP contribution in [0.2, 0.25) is 0 Å². The summed E-state index contributed by atoms with van der Waals surface area (Å²) in [4.78, 5) is 2.45. The molecule has 138 valence electrons. The molecule has 4 aromatic rings. The van der Waals surface area contributed by atoms with Gasteiger partial charge in [0, 0.05) is 11.4 Å². The molecule has 0 N–H and O–H groups in total. The Morgan fingerprint density at radius 3 is 1.32 bits per heavy atom. The van der Waals surface area contributed by atoms with Crippen molar-refractivity contribution in [3.63, 3.8) is 0 Å². The average molecular weight is 364 g/mol. The number of benzene rings is 4. The lowest BCUT2D eigenvalue weighted by Gasteiger charge is -2.35. The molecule has 0 spiro atoms. The van der Waals surface area contributed by atoms with Crippen molar-refractivity contribution in [2.45, 2.75) is 19.9 Å². The Bertz CT molecular complexity index is 953. The molecule has 0 saturated carbocycles. The molecular weight excluding hydrogens is 338 g/mol. The second-order valence-electron chi connectivity index (χ2n) is 7.27. The molecule has 0 aliphatic rings. The Kier molecular flexibility index (Phi) is 5.25. The van der Waals surface area contributed by atoms with Gasteiger partial charge in [0.15, 0.2) is 0 Å². The first-order valence-electron chi connectivity index (χ1n) is 9.75. The molecule has 0 amide bonds. The molecule has 0 heterocycles. The Hall–Kier alpha value is -3.32. The van der Waals surface area contributed by atoms with Gasteiger partial charge in [-0.1, -0.05) is 84.9 Å².